The number of nitrogens with one attached hydrogen (secondary N) is 3. The molecule has 0 aliphatic heterocycles. The summed E-state index contributed by atoms with van der Waals surface area (Å²) in [5.74, 6) is 0.351. The second kappa shape index (κ2) is 9.42. The van der Waals surface area contributed by atoms with Gasteiger partial charge in [0.05, 0.1) is 24.7 Å². The van der Waals surface area contributed by atoms with Crippen molar-refractivity contribution < 1.29 is 14.3 Å². The second-order valence-corrected chi connectivity index (χ2v) is 5.58. The van der Waals surface area contributed by atoms with Gasteiger partial charge in [-0.2, -0.15) is 0 Å². The average molecular weight is 372 g/mol. The largest absolute Gasteiger partial charge is 0.496 e. The van der Waals surface area contributed by atoms with Gasteiger partial charge in [-0.05, 0) is 47.5 Å². The SMILES string of the molecule is CCNC(=O)CNC(=O)CN[C@@H](C)c1ccc(OC)c(Br)c1. The normalized spacial score (nSPS) is 11.6. The molecule has 0 aromatic heterocycles. The fourth-order valence-electron chi connectivity index (χ4n) is 1.82. The lowest BCUT2D eigenvalue weighted by atomic mass is 10.1. The van der Waals surface area contributed by atoms with E-state index in [-0.39, 0.29) is 30.9 Å². The lowest BCUT2D eigenvalue weighted by Gasteiger charge is -2.15. The first-order valence-electron chi connectivity index (χ1n) is 7.08. The maximum Gasteiger partial charge on any atom is 0.239 e. The fraction of sp³-hybridized carbons (Fsp3) is 0.467. The zero-order valence-electron chi connectivity index (χ0n) is 13.0. The molecular weight excluding hydrogens is 350 g/mol. The van der Waals surface area contributed by atoms with Crippen molar-refractivity contribution in [3.8, 4) is 5.75 Å². The smallest absolute Gasteiger partial charge is 0.239 e. The van der Waals surface area contributed by atoms with Crippen molar-refractivity contribution in [1.29, 1.82) is 0 Å². The minimum absolute atomic E-state index is 0.00238. The van der Waals surface area contributed by atoms with Crippen LogP contribution in [0, 0.1) is 0 Å². The molecule has 7 heteroatoms. The maximum absolute atomic E-state index is 11.7. The van der Waals surface area contributed by atoms with Gasteiger partial charge in [-0.1, -0.05) is 6.07 Å². The lowest BCUT2D eigenvalue weighted by molar-refractivity contribution is -0.125. The average Bonchev–Trinajstić information content (AvgIpc) is 2.50. The van der Waals surface area contributed by atoms with Gasteiger partial charge in [-0.15, -0.1) is 0 Å². The molecule has 0 radical (unpaired) electrons. The van der Waals surface area contributed by atoms with Gasteiger partial charge in [0.2, 0.25) is 11.8 Å². The molecule has 2 amide bonds. The monoisotopic (exact) mass is 371 g/mol. The third-order valence-corrected chi connectivity index (χ3v) is 3.68. The molecule has 3 N–H and O–H groups in total. The Hall–Kier alpha value is -1.60. The summed E-state index contributed by atoms with van der Waals surface area (Å²) in [4.78, 5) is 22.9. The number of rotatable bonds is 8. The van der Waals surface area contributed by atoms with Crippen molar-refractivity contribution in [2.75, 3.05) is 26.7 Å². The first kappa shape index (κ1) is 18.4. The van der Waals surface area contributed by atoms with Crippen molar-refractivity contribution in [1.82, 2.24) is 16.0 Å². The van der Waals surface area contributed by atoms with Gasteiger partial charge in [0, 0.05) is 12.6 Å². The van der Waals surface area contributed by atoms with Crippen molar-refractivity contribution in [2.45, 2.75) is 19.9 Å². The van der Waals surface area contributed by atoms with E-state index in [0.717, 1.165) is 15.8 Å². The third-order valence-electron chi connectivity index (χ3n) is 3.06. The van der Waals surface area contributed by atoms with E-state index in [1.165, 1.54) is 0 Å². The Kier molecular flexibility index (Phi) is 7.90. The van der Waals surface area contributed by atoms with Gasteiger partial charge < -0.3 is 20.7 Å². The van der Waals surface area contributed by atoms with Crippen LogP contribution in [-0.2, 0) is 9.59 Å². The summed E-state index contributed by atoms with van der Waals surface area (Å²) >= 11 is 3.43. The van der Waals surface area contributed by atoms with E-state index in [1.54, 1.807) is 7.11 Å². The van der Waals surface area contributed by atoms with Crippen LogP contribution in [0.15, 0.2) is 22.7 Å². The van der Waals surface area contributed by atoms with E-state index < -0.39 is 0 Å². The van der Waals surface area contributed by atoms with Crippen LogP contribution in [0.1, 0.15) is 25.5 Å². The Morgan fingerprint density at radius 1 is 1.23 bits per heavy atom. The van der Waals surface area contributed by atoms with Gasteiger partial charge in [0.25, 0.3) is 0 Å². The summed E-state index contributed by atoms with van der Waals surface area (Å²) in [6, 6.07) is 5.75. The van der Waals surface area contributed by atoms with Gasteiger partial charge in [0.15, 0.2) is 0 Å². The third kappa shape index (κ3) is 6.03. The van der Waals surface area contributed by atoms with Crippen LogP contribution >= 0.6 is 15.9 Å². The topological polar surface area (TPSA) is 79.5 Å². The molecule has 0 aliphatic rings. The Morgan fingerprint density at radius 2 is 1.91 bits per heavy atom. The first-order valence-corrected chi connectivity index (χ1v) is 7.87. The van der Waals surface area contributed by atoms with Crippen molar-refractivity contribution >= 4 is 27.7 Å². The number of methoxy groups -OCH3 is 1. The molecule has 0 saturated heterocycles. The number of carbonyl (C=O) groups is 2. The highest BCUT2D eigenvalue weighted by Gasteiger charge is 2.10. The van der Waals surface area contributed by atoms with E-state index in [4.69, 9.17) is 4.74 Å². The molecule has 0 unspecified atom stereocenters. The molecule has 1 aromatic carbocycles. The van der Waals surface area contributed by atoms with E-state index in [9.17, 15) is 9.59 Å². The minimum atomic E-state index is -0.217. The van der Waals surface area contributed by atoms with Crippen LogP contribution in [-0.4, -0.2) is 38.6 Å². The van der Waals surface area contributed by atoms with Crippen LogP contribution in [0.2, 0.25) is 0 Å². The first-order chi connectivity index (χ1) is 10.5. The van der Waals surface area contributed by atoms with E-state index in [1.807, 2.05) is 32.0 Å². The molecule has 6 nitrogen and oxygen atoms in total. The predicted octanol–water partition coefficient (Wildman–Crippen LogP) is 1.36. The molecule has 0 saturated carbocycles. The lowest BCUT2D eigenvalue weighted by Crippen LogP contribution is -2.41. The summed E-state index contributed by atoms with van der Waals surface area (Å²) in [6.45, 7) is 4.48. The Bertz CT molecular complexity index is 523. The van der Waals surface area contributed by atoms with Crippen LogP contribution in [0.25, 0.3) is 0 Å². The zero-order chi connectivity index (χ0) is 16.5. The molecule has 1 aromatic rings. The summed E-state index contributed by atoms with van der Waals surface area (Å²) in [5.41, 5.74) is 1.03. The van der Waals surface area contributed by atoms with Crippen LogP contribution in [0.4, 0.5) is 0 Å². The van der Waals surface area contributed by atoms with Crippen LogP contribution in [0.3, 0.4) is 0 Å². The van der Waals surface area contributed by atoms with Crippen LogP contribution in [0.5, 0.6) is 5.75 Å². The molecule has 0 spiro atoms. The minimum Gasteiger partial charge on any atom is -0.496 e. The molecule has 1 atom stereocenters. The molecule has 1 rings (SSSR count). The highest BCUT2D eigenvalue weighted by Crippen LogP contribution is 2.27. The maximum atomic E-state index is 11.7. The molecule has 0 heterocycles. The van der Waals surface area contributed by atoms with Gasteiger partial charge in [-0.3, -0.25) is 9.59 Å². The van der Waals surface area contributed by atoms with Crippen molar-refractivity contribution in [3.05, 3.63) is 28.2 Å². The Balaban J connectivity index is 2.42. The number of halogens is 1. The molecular formula is C15H22BrN3O3. The van der Waals surface area contributed by atoms with E-state index in [2.05, 4.69) is 31.9 Å². The molecule has 122 valence electrons. The quantitative estimate of drug-likeness (QED) is 0.644. The highest BCUT2D eigenvalue weighted by atomic mass is 79.9. The number of ether oxygens (including phenoxy) is 1. The van der Waals surface area contributed by atoms with Crippen molar-refractivity contribution in [2.24, 2.45) is 0 Å². The molecule has 0 fully saturated rings. The fourth-order valence-corrected chi connectivity index (χ4v) is 2.38. The zero-order valence-corrected chi connectivity index (χ0v) is 14.6. The van der Waals surface area contributed by atoms with Crippen LogP contribution < -0.4 is 20.7 Å². The van der Waals surface area contributed by atoms with E-state index >= 15 is 0 Å². The number of carbonyl (C=O) groups excluding carboxylic acids is 2. The standard InChI is InChI=1S/C15H22BrN3O3/c1-4-17-14(20)9-19-15(21)8-18-10(2)11-5-6-13(22-3)12(16)7-11/h5-7,10,18H,4,8-9H2,1-3H3,(H,17,20)(H,19,21)/t10-/m0/s1. The number of hydrogen-bond donors (Lipinski definition) is 3. The Labute approximate surface area is 139 Å². The summed E-state index contributed by atoms with van der Waals surface area (Å²) in [5, 5.41) is 8.29. The number of benzene rings is 1. The summed E-state index contributed by atoms with van der Waals surface area (Å²) in [6.07, 6.45) is 0. The summed E-state index contributed by atoms with van der Waals surface area (Å²) in [7, 11) is 1.61. The van der Waals surface area contributed by atoms with Gasteiger partial charge >= 0.3 is 0 Å². The van der Waals surface area contributed by atoms with Gasteiger partial charge in [-0.25, -0.2) is 0 Å². The highest BCUT2D eigenvalue weighted by molar-refractivity contribution is 9.10. The molecule has 22 heavy (non-hydrogen) atoms. The predicted molar refractivity (Wildman–Crippen MR) is 88.8 cm³/mol. The number of amides is 2. The Morgan fingerprint density at radius 3 is 2.50 bits per heavy atom. The second-order valence-electron chi connectivity index (χ2n) is 4.73. The molecule has 0 bridgehead atoms. The van der Waals surface area contributed by atoms with Gasteiger partial charge in [0.1, 0.15) is 5.75 Å². The van der Waals surface area contributed by atoms with E-state index in [0.29, 0.717) is 6.54 Å². The molecule has 0 aliphatic carbocycles. The number of hydrogen-bond acceptors (Lipinski definition) is 4. The van der Waals surface area contributed by atoms with Crippen molar-refractivity contribution in [3.63, 3.8) is 0 Å². The number of likely N-dealkylation sites (N-methyl/N-ethyl adjacent to an activating group) is 1. The summed E-state index contributed by atoms with van der Waals surface area (Å²) < 4.78 is 6.05.